The van der Waals surface area contributed by atoms with Crippen LogP contribution in [0.1, 0.15) is 30.1 Å². The largest absolute Gasteiger partial charge is 0.300 e. The molecule has 1 unspecified atom stereocenters. The molecule has 0 radical (unpaired) electrons. The lowest BCUT2D eigenvalue weighted by molar-refractivity contribution is -0.135. The molecule has 1 aromatic carbocycles. The molecule has 0 spiro atoms. The number of nitrogens with one attached hydrogen (secondary N) is 1. The van der Waals surface area contributed by atoms with Crippen LogP contribution in [0, 0.1) is 13.8 Å². The SMILES string of the molecule is Cc1cccc2cc(C)n(C3CCC(=O)NC3=O)c(=O)c12. The van der Waals surface area contributed by atoms with E-state index in [1.807, 2.05) is 38.1 Å². The lowest BCUT2D eigenvalue weighted by Gasteiger charge is -2.25. The van der Waals surface area contributed by atoms with Gasteiger partial charge in [0.1, 0.15) is 6.04 Å². The van der Waals surface area contributed by atoms with Crippen LogP contribution in [-0.4, -0.2) is 16.4 Å². The molecule has 2 aromatic rings. The van der Waals surface area contributed by atoms with Crippen molar-refractivity contribution in [1.29, 1.82) is 0 Å². The van der Waals surface area contributed by atoms with E-state index in [0.717, 1.165) is 16.6 Å². The van der Waals surface area contributed by atoms with Gasteiger partial charge in [-0.05, 0) is 37.3 Å². The van der Waals surface area contributed by atoms with Gasteiger partial charge < -0.3 is 0 Å². The molecule has 0 aliphatic carbocycles. The van der Waals surface area contributed by atoms with Crippen LogP contribution in [0.4, 0.5) is 0 Å². The predicted molar refractivity (Wildman–Crippen MR) is 79.1 cm³/mol. The molecule has 21 heavy (non-hydrogen) atoms. The van der Waals surface area contributed by atoms with E-state index in [1.165, 1.54) is 4.57 Å². The zero-order valence-corrected chi connectivity index (χ0v) is 12.0. The molecule has 2 amide bonds. The Kier molecular flexibility index (Phi) is 3.12. The fraction of sp³-hybridized carbons (Fsp3) is 0.312. The normalized spacial score (nSPS) is 18.9. The minimum atomic E-state index is -0.612. The Bertz CT molecular complexity index is 820. The summed E-state index contributed by atoms with van der Waals surface area (Å²) in [6, 6.07) is 6.99. The fourth-order valence-electron chi connectivity index (χ4n) is 2.99. The number of pyridine rings is 1. The van der Waals surface area contributed by atoms with E-state index in [-0.39, 0.29) is 17.9 Å². The predicted octanol–water partition coefficient (Wildman–Crippen LogP) is 1.60. The van der Waals surface area contributed by atoms with E-state index in [1.54, 1.807) is 0 Å². The lowest BCUT2D eigenvalue weighted by atomic mass is 10.0. The van der Waals surface area contributed by atoms with Gasteiger partial charge in [-0.15, -0.1) is 0 Å². The van der Waals surface area contributed by atoms with Gasteiger partial charge in [-0.25, -0.2) is 0 Å². The number of carbonyl (C=O) groups is 2. The number of imide groups is 1. The highest BCUT2D eigenvalue weighted by atomic mass is 16.2. The van der Waals surface area contributed by atoms with Crippen LogP contribution >= 0.6 is 0 Å². The number of fused-ring (bicyclic) bond motifs is 1. The molecule has 1 N–H and O–H groups in total. The van der Waals surface area contributed by atoms with Crippen molar-refractivity contribution in [1.82, 2.24) is 9.88 Å². The summed E-state index contributed by atoms with van der Waals surface area (Å²) in [7, 11) is 0. The van der Waals surface area contributed by atoms with E-state index in [0.29, 0.717) is 11.8 Å². The molecule has 2 heterocycles. The van der Waals surface area contributed by atoms with Gasteiger partial charge in [-0.2, -0.15) is 0 Å². The first-order chi connectivity index (χ1) is 9.99. The van der Waals surface area contributed by atoms with Gasteiger partial charge in [-0.3, -0.25) is 24.3 Å². The summed E-state index contributed by atoms with van der Waals surface area (Å²) >= 11 is 0. The van der Waals surface area contributed by atoms with Gasteiger partial charge in [0.15, 0.2) is 0 Å². The second-order valence-corrected chi connectivity index (χ2v) is 5.47. The molecule has 0 saturated carbocycles. The highest BCUT2D eigenvalue weighted by molar-refractivity contribution is 5.99. The number of piperidine rings is 1. The standard InChI is InChI=1S/C16H16N2O3/c1-9-4-3-5-11-8-10(2)18(16(21)14(9)11)12-6-7-13(19)17-15(12)20/h3-5,8,12H,6-7H2,1-2H3,(H,17,19,20). The maximum atomic E-state index is 12.8. The summed E-state index contributed by atoms with van der Waals surface area (Å²) in [6.07, 6.45) is 0.622. The molecule has 5 nitrogen and oxygen atoms in total. The van der Waals surface area contributed by atoms with Crippen molar-refractivity contribution < 1.29 is 9.59 Å². The number of aryl methyl sites for hydroxylation is 2. The monoisotopic (exact) mass is 284 g/mol. The van der Waals surface area contributed by atoms with E-state index < -0.39 is 11.9 Å². The van der Waals surface area contributed by atoms with Crippen LogP contribution in [0.2, 0.25) is 0 Å². The van der Waals surface area contributed by atoms with E-state index in [2.05, 4.69) is 5.32 Å². The van der Waals surface area contributed by atoms with Gasteiger partial charge in [0.05, 0.1) is 5.39 Å². The summed E-state index contributed by atoms with van der Waals surface area (Å²) in [4.78, 5) is 36.1. The summed E-state index contributed by atoms with van der Waals surface area (Å²) in [5, 5.41) is 3.82. The Hall–Kier alpha value is -2.43. The van der Waals surface area contributed by atoms with Crippen molar-refractivity contribution in [3.63, 3.8) is 0 Å². The number of nitrogens with zero attached hydrogens (tertiary/aromatic N) is 1. The molecule has 1 aromatic heterocycles. The Balaban J connectivity index is 2.24. The van der Waals surface area contributed by atoms with E-state index in [9.17, 15) is 14.4 Å². The Morgan fingerprint density at radius 2 is 1.95 bits per heavy atom. The molecule has 5 heteroatoms. The summed E-state index contributed by atoms with van der Waals surface area (Å²) in [5.41, 5.74) is 1.45. The highest BCUT2D eigenvalue weighted by Gasteiger charge is 2.30. The maximum absolute atomic E-state index is 12.8. The fourth-order valence-corrected chi connectivity index (χ4v) is 2.99. The van der Waals surface area contributed by atoms with Crippen molar-refractivity contribution in [3.05, 3.63) is 45.9 Å². The maximum Gasteiger partial charge on any atom is 0.259 e. The Morgan fingerprint density at radius 3 is 2.67 bits per heavy atom. The third-order valence-corrected chi connectivity index (χ3v) is 4.00. The Labute approximate surface area is 121 Å². The van der Waals surface area contributed by atoms with Crippen molar-refractivity contribution >= 4 is 22.6 Å². The number of rotatable bonds is 1. The summed E-state index contributed by atoms with van der Waals surface area (Å²) in [5.74, 6) is -0.677. The van der Waals surface area contributed by atoms with Crippen LogP contribution in [0.5, 0.6) is 0 Å². The zero-order chi connectivity index (χ0) is 15.1. The van der Waals surface area contributed by atoms with E-state index >= 15 is 0 Å². The Morgan fingerprint density at radius 1 is 1.19 bits per heavy atom. The van der Waals surface area contributed by atoms with Gasteiger partial charge >= 0.3 is 0 Å². The molecule has 1 atom stereocenters. The summed E-state index contributed by atoms with van der Waals surface area (Å²) < 4.78 is 1.51. The van der Waals surface area contributed by atoms with Gasteiger partial charge in [0.2, 0.25) is 11.8 Å². The number of amides is 2. The van der Waals surface area contributed by atoms with Crippen LogP contribution in [0.3, 0.4) is 0 Å². The molecule has 1 fully saturated rings. The summed E-state index contributed by atoms with van der Waals surface area (Å²) in [6.45, 7) is 3.70. The third-order valence-electron chi connectivity index (χ3n) is 4.00. The number of hydrogen-bond acceptors (Lipinski definition) is 3. The van der Waals surface area contributed by atoms with Crippen LogP contribution < -0.4 is 10.9 Å². The van der Waals surface area contributed by atoms with Crippen LogP contribution in [-0.2, 0) is 9.59 Å². The number of aromatic nitrogens is 1. The van der Waals surface area contributed by atoms with Gasteiger partial charge in [0.25, 0.3) is 5.56 Å². The van der Waals surface area contributed by atoms with Crippen LogP contribution in [0.25, 0.3) is 10.8 Å². The lowest BCUT2D eigenvalue weighted by Crippen LogP contribution is -2.45. The first-order valence-corrected chi connectivity index (χ1v) is 6.94. The smallest absolute Gasteiger partial charge is 0.259 e. The minimum Gasteiger partial charge on any atom is -0.300 e. The average molecular weight is 284 g/mol. The molecule has 3 rings (SSSR count). The molecule has 0 bridgehead atoms. The molecule has 1 aliphatic rings. The highest BCUT2D eigenvalue weighted by Crippen LogP contribution is 2.22. The van der Waals surface area contributed by atoms with Crippen molar-refractivity contribution in [2.45, 2.75) is 32.7 Å². The van der Waals surface area contributed by atoms with E-state index in [4.69, 9.17) is 0 Å². The number of benzene rings is 1. The van der Waals surface area contributed by atoms with Gasteiger partial charge in [-0.1, -0.05) is 18.2 Å². The minimum absolute atomic E-state index is 0.169. The first-order valence-electron chi connectivity index (χ1n) is 6.94. The molecular weight excluding hydrogens is 268 g/mol. The topological polar surface area (TPSA) is 68.2 Å². The van der Waals surface area contributed by atoms with Crippen molar-refractivity contribution in [2.24, 2.45) is 0 Å². The molecule has 108 valence electrons. The number of hydrogen-bond donors (Lipinski definition) is 1. The second kappa shape index (κ2) is 4.84. The average Bonchev–Trinajstić information content (AvgIpc) is 2.40. The zero-order valence-electron chi connectivity index (χ0n) is 12.0. The molecule has 1 saturated heterocycles. The van der Waals surface area contributed by atoms with Crippen molar-refractivity contribution in [2.75, 3.05) is 0 Å². The van der Waals surface area contributed by atoms with Crippen LogP contribution in [0.15, 0.2) is 29.1 Å². The van der Waals surface area contributed by atoms with Gasteiger partial charge in [0, 0.05) is 12.1 Å². The first kappa shape index (κ1) is 13.5. The number of carbonyl (C=O) groups excluding carboxylic acids is 2. The molecule has 1 aliphatic heterocycles. The second-order valence-electron chi connectivity index (χ2n) is 5.47. The molecular formula is C16H16N2O3. The third kappa shape index (κ3) is 2.14. The quantitative estimate of drug-likeness (QED) is 0.809. The van der Waals surface area contributed by atoms with Crippen molar-refractivity contribution in [3.8, 4) is 0 Å².